The third kappa shape index (κ3) is 4.91. The summed E-state index contributed by atoms with van der Waals surface area (Å²) < 4.78 is 13.0. The lowest BCUT2D eigenvalue weighted by Gasteiger charge is -2.13. The first-order valence-corrected chi connectivity index (χ1v) is 8.38. The summed E-state index contributed by atoms with van der Waals surface area (Å²) in [5.74, 6) is 0.294. The van der Waals surface area contributed by atoms with Crippen LogP contribution in [-0.4, -0.2) is 19.0 Å². The van der Waals surface area contributed by atoms with Gasteiger partial charge in [-0.3, -0.25) is 4.99 Å². The number of thiophene rings is 1. The minimum absolute atomic E-state index is 0. The first-order valence-electron chi connectivity index (χ1n) is 7.50. The summed E-state index contributed by atoms with van der Waals surface area (Å²) in [5.41, 5.74) is 7.15. The highest BCUT2D eigenvalue weighted by atomic mass is 127. The molecule has 0 atom stereocenters. The molecule has 1 saturated carbocycles. The zero-order chi connectivity index (χ0) is 15.4. The second-order valence-corrected chi connectivity index (χ2v) is 6.78. The Labute approximate surface area is 157 Å². The predicted molar refractivity (Wildman–Crippen MR) is 105 cm³/mol. The van der Waals surface area contributed by atoms with Crippen LogP contribution in [0, 0.1) is 5.82 Å². The number of halogens is 2. The molecule has 0 saturated heterocycles. The molecule has 0 unspecified atom stereocenters. The van der Waals surface area contributed by atoms with Crippen LogP contribution in [0.2, 0.25) is 0 Å². The monoisotopic (exact) mass is 445 g/mol. The van der Waals surface area contributed by atoms with Crippen molar-refractivity contribution in [2.75, 3.05) is 13.1 Å². The molecule has 1 aliphatic carbocycles. The summed E-state index contributed by atoms with van der Waals surface area (Å²) in [4.78, 5) is 5.81. The van der Waals surface area contributed by atoms with Gasteiger partial charge in [0.2, 0.25) is 0 Å². The molecule has 1 aromatic carbocycles. The third-order valence-electron chi connectivity index (χ3n) is 4.12. The van der Waals surface area contributed by atoms with Gasteiger partial charge in [0.25, 0.3) is 0 Å². The van der Waals surface area contributed by atoms with Crippen molar-refractivity contribution < 1.29 is 4.39 Å². The van der Waals surface area contributed by atoms with Crippen LogP contribution in [0.3, 0.4) is 0 Å². The number of hydrogen-bond acceptors (Lipinski definition) is 2. The summed E-state index contributed by atoms with van der Waals surface area (Å²) in [5, 5.41) is 5.23. The number of guanidine groups is 1. The van der Waals surface area contributed by atoms with Gasteiger partial charge in [-0.05, 0) is 48.4 Å². The van der Waals surface area contributed by atoms with Crippen molar-refractivity contribution in [1.82, 2.24) is 5.32 Å². The average Bonchev–Trinajstić information content (AvgIpc) is 3.13. The van der Waals surface area contributed by atoms with Crippen LogP contribution in [0.15, 0.2) is 46.8 Å². The SMILES string of the molecule is I.NC(=NCC1(c2ccc(F)cc2)CC1)NCCc1cccs1. The molecule has 6 heteroatoms. The van der Waals surface area contributed by atoms with E-state index in [4.69, 9.17) is 5.73 Å². The van der Waals surface area contributed by atoms with E-state index in [1.54, 1.807) is 11.3 Å². The summed E-state index contributed by atoms with van der Waals surface area (Å²) >= 11 is 1.75. The lowest BCUT2D eigenvalue weighted by atomic mass is 9.96. The smallest absolute Gasteiger partial charge is 0.188 e. The molecule has 1 heterocycles. The predicted octanol–water partition coefficient (Wildman–Crippen LogP) is 3.68. The number of hydrogen-bond donors (Lipinski definition) is 2. The molecule has 3 rings (SSSR count). The number of nitrogens with one attached hydrogen (secondary N) is 1. The number of aliphatic imine (C=N–C) groups is 1. The Bertz CT molecular complexity index is 636. The zero-order valence-electron chi connectivity index (χ0n) is 12.8. The van der Waals surface area contributed by atoms with E-state index >= 15 is 0 Å². The minimum atomic E-state index is -0.196. The topological polar surface area (TPSA) is 50.4 Å². The molecule has 1 aliphatic rings. The zero-order valence-corrected chi connectivity index (χ0v) is 15.9. The van der Waals surface area contributed by atoms with Gasteiger partial charge in [-0.15, -0.1) is 35.3 Å². The normalized spacial score (nSPS) is 15.8. The molecule has 124 valence electrons. The fraction of sp³-hybridized carbons (Fsp3) is 0.353. The molecule has 2 aromatic rings. The van der Waals surface area contributed by atoms with E-state index in [1.807, 2.05) is 12.1 Å². The Hall–Kier alpha value is -1.15. The van der Waals surface area contributed by atoms with Gasteiger partial charge in [0.1, 0.15) is 5.82 Å². The number of benzene rings is 1. The van der Waals surface area contributed by atoms with Gasteiger partial charge in [-0.25, -0.2) is 4.39 Å². The van der Waals surface area contributed by atoms with E-state index < -0.39 is 0 Å². The molecule has 3 N–H and O–H groups in total. The molecule has 0 radical (unpaired) electrons. The van der Waals surface area contributed by atoms with Crippen LogP contribution >= 0.6 is 35.3 Å². The first kappa shape index (κ1) is 18.2. The standard InChI is InChI=1S/C17H20FN3S.HI/c18-14-5-3-13(4-6-14)17(8-9-17)12-21-16(19)20-10-7-15-2-1-11-22-15;/h1-6,11H,7-10,12H2,(H3,19,20,21);1H. The fourth-order valence-electron chi connectivity index (χ4n) is 2.55. The quantitative estimate of drug-likeness (QED) is 0.405. The fourth-order valence-corrected chi connectivity index (χ4v) is 3.26. The molecule has 23 heavy (non-hydrogen) atoms. The van der Waals surface area contributed by atoms with E-state index in [9.17, 15) is 4.39 Å². The van der Waals surface area contributed by atoms with Crippen molar-refractivity contribution in [1.29, 1.82) is 0 Å². The van der Waals surface area contributed by atoms with E-state index in [0.29, 0.717) is 12.5 Å². The second kappa shape index (κ2) is 8.10. The number of rotatable bonds is 6. The second-order valence-electron chi connectivity index (χ2n) is 5.74. The van der Waals surface area contributed by atoms with Gasteiger partial charge < -0.3 is 11.1 Å². The van der Waals surface area contributed by atoms with Crippen molar-refractivity contribution in [2.24, 2.45) is 10.7 Å². The summed E-state index contributed by atoms with van der Waals surface area (Å²) in [6, 6.07) is 10.9. The van der Waals surface area contributed by atoms with E-state index in [-0.39, 0.29) is 35.2 Å². The maximum atomic E-state index is 13.0. The van der Waals surface area contributed by atoms with Crippen LogP contribution in [0.4, 0.5) is 4.39 Å². The van der Waals surface area contributed by atoms with Gasteiger partial charge in [0, 0.05) is 16.8 Å². The van der Waals surface area contributed by atoms with Gasteiger partial charge in [0.15, 0.2) is 5.96 Å². The Kier molecular flexibility index (Phi) is 6.41. The molecule has 1 aromatic heterocycles. The molecular formula is C17H21FIN3S. The molecule has 0 spiro atoms. The first-order chi connectivity index (χ1) is 10.7. The van der Waals surface area contributed by atoms with Gasteiger partial charge in [-0.1, -0.05) is 18.2 Å². The maximum absolute atomic E-state index is 13.0. The highest BCUT2D eigenvalue weighted by Crippen LogP contribution is 2.48. The lowest BCUT2D eigenvalue weighted by molar-refractivity contribution is 0.623. The Morgan fingerprint density at radius 3 is 2.61 bits per heavy atom. The van der Waals surface area contributed by atoms with Gasteiger partial charge in [0.05, 0.1) is 6.54 Å². The van der Waals surface area contributed by atoms with Crippen LogP contribution in [-0.2, 0) is 11.8 Å². The summed E-state index contributed by atoms with van der Waals surface area (Å²) in [6.45, 7) is 1.45. The van der Waals surface area contributed by atoms with Crippen LogP contribution < -0.4 is 11.1 Å². The van der Waals surface area contributed by atoms with Crippen molar-refractivity contribution in [3.8, 4) is 0 Å². The molecule has 0 bridgehead atoms. The van der Waals surface area contributed by atoms with Crippen LogP contribution in [0.5, 0.6) is 0 Å². The molecule has 0 aliphatic heterocycles. The van der Waals surface area contributed by atoms with Crippen molar-refractivity contribution in [3.05, 3.63) is 58.0 Å². The average molecular weight is 445 g/mol. The maximum Gasteiger partial charge on any atom is 0.188 e. The summed E-state index contributed by atoms with van der Waals surface area (Å²) in [6.07, 6.45) is 3.13. The molecule has 0 amide bonds. The highest BCUT2D eigenvalue weighted by molar-refractivity contribution is 14.0. The van der Waals surface area contributed by atoms with Gasteiger partial charge >= 0.3 is 0 Å². The highest BCUT2D eigenvalue weighted by Gasteiger charge is 2.44. The Morgan fingerprint density at radius 2 is 2.00 bits per heavy atom. The van der Waals surface area contributed by atoms with E-state index in [1.165, 1.54) is 17.0 Å². The minimum Gasteiger partial charge on any atom is -0.370 e. The van der Waals surface area contributed by atoms with Crippen molar-refractivity contribution in [3.63, 3.8) is 0 Å². The largest absolute Gasteiger partial charge is 0.370 e. The molecule has 3 nitrogen and oxygen atoms in total. The van der Waals surface area contributed by atoms with Crippen LogP contribution in [0.25, 0.3) is 0 Å². The van der Waals surface area contributed by atoms with Crippen molar-refractivity contribution in [2.45, 2.75) is 24.7 Å². The van der Waals surface area contributed by atoms with Crippen molar-refractivity contribution >= 4 is 41.3 Å². The van der Waals surface area contributed by atoms with E-state index in [2.05, 4.69) is 27.8 Å². The van der Waals surface area contributed by atoms with Crippen LogP contribution in [0.1, 0.15) is 23.3 Å². The third-order valence-corrected chi connectivity index (χ3v) is 5.06. The number of nitrogens with zero attached hydrogens (tertiary/aromatic N) is 1. The Morgan fingerprint density at radius 1 is 1.26 bits per heavy atom. The molecular weight excluding hydrogens is 424 g/mol. The summed E-state index contributed by atoms with van der Waals surface area (Å²) in [7, 11) is 0. The number of nitrogens with two attached hydrogens (primary N) is 1. The lowest BCUT2D eigenvalue weighted by Crippen LogP contribution is -2.34. The Balaban J connectivity index is 0.00000192. The van der Waals surface area contributed by atoms with Gasteiger partial charge in [-0.2, -0.15) is 0 Å². The van der Waals surface area contributed by atoms with E-state index in [0.717, 1.165) is 31.4 Å². The molecule has 1 fully saturated rings.